The molecule has 0 unspecified atom stereocenters. The summed E-state index contributed by atoms with van der Waals surface area (Å²) >= 11 is 0. The van der Waals surface area contributed by atoms with Crippen molar-refractivity contribution in [2.45, 2.75) is 13.3 Å². The van der Waals surface area contributed by atoms with Crippen LogP contribution in [0.2, 0.25) is 0 Å². The van der Waals surface area contributed by atoms with Gasteiger partial charge in [-0.05, 0) is 11.6 Å². The van der Waals surface area contributed by atoms with Gasteiger partial charge in [-0.15, -0.1) is 0 Å². The first-order chi connectivity index (χ1) is 5.79. The summed E-state index contributed by atoms with van der Waals surface area (Å²) in [6.45, 7) is 1.87. The minimum absolute atomic E-state index is 0.225. The lowest BCUT2D eigenvalue weighted by molar-refractivity contribution is -0.140. The minimum Gasteiger partial charge on any atom is -0.466 e. The monoisotopic (exact) mass is 163 g/mol. The molecule has 12 heavy (non-hydrogen) atoms. The van der Waals surface area contributed by atoms with Crippen molar-refractivity contribution in [1.29, 1.82) is 0 Å². The third-order valence-electron chi connectivity index (χ3n) is 1.48. The Morgan fingerprint density at radius 1 is 1.50 bits per heavy atom. The smallest absolute Gasteiger partial charge is 0.302 e. The van der Waals surface area contributed by atoms with Crippen LogP contribution in [0.3, 0.4) is 0 Å². The molecule has 63 valence electrons. The molecule has 0 saturated carbocycles. The van der Waals surface area contributed by atoms with Crippen molar-refractivity contribution < 1.29 is 9.53 Å². The van der Waals surface area contributed by atoms with Crippen LogP contribution in [0, 0.1) is 6.07 Å². The van der Waals surface area contributed by atoms with Crippen LogP contribution in [-0.4, -0.2) is 12.6 Å². The highest BCUT2D eigenvalue weighted by Gasteiger charge is 1.93. The van der Waals surface area contributed by atoms with Crippen molar-refractivity contribution in [3.05, 3.63) is 35.9 Å². The van der Waals surface area contributed by atoms with Crippen LogP contribution < -0.4 is 0 Å². The summed E-state index contributed by atoms with van der Waals surface area (Å²) in [4.78, 5) is 10.4. The molecule has 2 nitrogen and oxygen atoms in total. The van der Waals surface area contributed by atoms with E-state index in [4.69, 9.17) is 4.74 Å². The van der Waals surface area contributed by atoms with Gasteiger partial charge in [-0.25, -0.2) is 0 Å². The fourth-order valence-electron chi connectivity index (χ4n) is 0.901. The number of hydrogen-bond donors (Lipinski definition) is 0. The molecule has 0 aliphatic rings. The number of carbonyl (C=O) groups excluding carboxylic acids is 1. The number of rotatable bonds is 3. The molecule has 0 N–H and O–H groups in total. The molecule has 1 radical (unpaired) electrons. The van der Waals surface area contributed by atoms with Gasteiger partial charge >= 0.3 is 5.97 Å². The summed E-state index contributed by atoms with van der Waals surface area (Å²) in [6.07, 6.45) is 0.772. The average Bonchev–Trinajstić information content (AvgIpc) is 2.05. The molecule has 1 rings (SSSR count). The molecule has 0 aliphatic carbocycles. The third-order valence-corrected chi connectivity index (χ3v) is 1.48. The Labute approximate surface area is 72.2 Å². The number of benzene rings is 1. The van der Waals surface area contributed by atoms with E-state index in [9.17, 15) is 4.79 Å². The Bertz CT molecular complexity index is 241. The van der Waals surface area contributed by atoms with Crippen LogP contribution in [0.25, 0.3) is 0 Å². The quantitative estimate of drug-likeness (QED) is 0.632. The molecular weight excluding hydrogens is 152 g/mol. The molecule has 2 heteroatoms. The van der Waals surface area contributed by atoms with Gasteiger partial charge in [-0.3, -0.25) is 4.79 Å². The van der Waals surface area contributed by atoms with Gasteiger partial charge < -0.3 is 4.74 Å². The molecule has 0 saturated heterocycles. The summed E-state index contributed by atoms with van der Waals surface area (Å²) in [7, 11) is 0. The van der Waals surface area contributed by atoms with E-state index in [0.29, 0.717) is 6.61 Å². The first kappa shape index (κ1) is 8.78. The number of carbonyl (C=O) groups is 1. The number of esters is 1. The molecular formula is C10H11O2. The highest BCUT2D eigenvalue weighted by molar-refractivity contribution is 5.65. The zero-order valence-corrected chi connectivity index (χ0v) is 7.04. The van der Waals surface area contributed by atoms with Gasteiger partial charge in [0.1, 0.15) is 0 Å². The standard InChI is InChI=1S/C10H11O2/c1-9(11)12-8-7-10-5-3-2-4-6-10/h3-6H,7-8H2,1H3. The Morgan fingerprint density at radius 3 is 2.75 bits per heavy atom. The van der Waals surface area contributed by atoms with E-state index in [1.54, 1.807) is 0 Å². The predicted octanol–water partition coefficient (Wildman–Crippen LogP) is 1.59. The average molecular weight is 163 g/mol. The van der Waals surface area contributed by atoms with E-state index < -0.39 is 0 Å². The molecule has 0 amide bonds. The van der Waals surface area contributed by atoms with Crippen molar-refractivity contribution in [1.82, 2.24) is 0 Å². The van der Waals surface area contributed by atoms with Gasteiger partial charge in [0.25, 0.3) is 0 Å². The molecule has 0 aliphatic heterocycles. The largest absolute Gasteiger partial charge is 0.466 e. The highest BCUT2D eigenvalue weighted by Crippen LogP contribution is 1.98. The maximum absolute atomic E-state index is 10.4. The number of hydrogen-bond acceptors (Lipinski definition) is 2. The maximum atomic E-state index is 10.4. The van der Waals surface area contributed by atoms with Gasteiger partial charge in [0, 0.05) is 13.3 Å². The molecule has 0 heterocycles. The Balaban J connectivity index is 2.29. The highest BCUT2D eigenvalue weighted by atomic mass is 16.5. The zero-order valence-electron chi connectivity index (χ0n) is 7.04. The molecule has 0 atom stereocenters. The van der Waals surface area contributed by atoms with E-state index in [1.165, 1.54) is 6.92 Å². The second kappa shape index (κ2) is 4.54. The van der Waals surface area contributed by atoms with Crippen molar-refractivity contribution in [3.63, 3.8) is 0 Å². The van der Waals surface area contributed by atoms with E-state index in [-0.39, 0.29) is 5.97 Å². The van der Waals surface area contributed by atoms with E-state index in [0.717, 1.165) is 12.0 Å². The first-order valence-corrected chi connectivity index (χ1v) is 3.87. The Hall–Kier alpha value is -1.31. The van der Waals surface area contributed by atoms with Crippen LogP contribution in [-0.2, 0) is 16.0 Å². The zero-order chi connectivity index (χ0) is 8.81. The summed E-state index contributed by atoms with van der Waals surface area (Å²) < 4.78 is 4.80. The molecule has 0 aromatic heterocycles. The lowest BCUT2D eigenvalue weighted by atomic mass is 10.2. The van der Waals surface area contributed by atoms with Crippen LogP contribution in [0.4, 0.5) is 0 Å². The fraction of sp³-hybridized carbons (Fsp3) is 0.300. The van der Waals surface area contributed by atoms with Crippen LogP contribution >= 0.6 is 0 Å². The van der Waals surface area contributed by atoms with Crippen molar-refractivity contribution in [2.24, 2.45) is 0 Å². The summed E-state index contributed by atoms with van der Waals surface area (Å²) in [5.41, 5.74) is 1.16. The molecule has 0 fully saturated rings. The second-order valence-electron chi connectivity index (χ2n) is 2.50. The summed E-state index contributed by atoms with van der Waals surface area (Å²) in [5, 5.41) is 0. The van der Waals surface area contributed by atoms with Gasteiger partial charge in [0.2, 0.25) is 0 Å². The lowest BCUT2D eigenvalue weighted by Crippen LogP contribution is -2.02. The molecule has 0 spiro atoms. The fourth-order valence-corrected chi connectivity index (χ4v) is 0.901. The molecule has 0 bridgehead atoms. The van der Waals surface area contributed by atoms with Crippen molar-refractivity contribution >= 4 is 5.97 Å². The normalized spacial score (nSPS) is 9.42. The molecule has 1 aromatic carbocycles. The minimum atomic E-state index is -0.225. The molecule has 1 aromatic rings. The van der Waals surface area contributed by atoms with Gasteiger partial charge in [-0.1, -0.05) is 24.3 Å². The lowest BCUT2D eigenvalue weighted by Gasteiger charge is -2.00. The maximum Gasteiger partial charge on any atom is 0.302 e. The predicted molar refractivity (Wildman–Crippen MR) is 45.6 cm³/mol. The van der Waals surface area contributed by atoms with Crippen LogP contribution in [0.1, 0.15) is 12.5 Å². The first-order valence-electron chi connectivity index (χ1n) is 3.87. The van der Waals surface area contributed by atoms with Crippen LogP contribution in [0.5, 0.6) is 0 Å². The van der Waals surface area contributed by atoms with E-state index in [2.05, 4.69) is 6.07 Å². The Morgan fingerprint density at radius 2 is 2.17 bits per heavy atom. The Kier molecular flexibility index (Phi) is 3.33. The topological polar surface area (TPSA) is 26.3 Å². The summed E-state index contributed by atoms with van der Waals surface area (Å²) in [5.74, 6) is -0.225. The van der Waals surface area contributed by atoms with Crippen molar-refractivity contribution in [3.8, 4) is 0 Å². The van der Waals surface area contributed by atoms with Crippen molar-refractivity contribution in [2.75, 3.05) is 6.61 Å². The number of ether oxygens (including phenoxy) is 1. The van der Waals surface area contributed by atoms with E-state index in [1.807, 2.05) is 24.3 Å². The van der Waals surface area contributed by atoms with Gasteiger partial charge in [-0.2, -0.15) is 0 Å². The van der Waals surface area contributed by atoms with Crippen LogP contribution in [0.15, 0.2) is 24.3 Å². The SMILES string of the molecule is CC(=O)OCCc1cc[c]cc1. The summed E-state index contributed by atoms with van der Waals surface area (Å²) in [6, 6.07) is 10.5. The van der Waals surface area contributed by atoms with Gasteiger partial charge in [0.15, 0.2) is 0 Å². The third kappa shape index (κ3) is 3.19. The van der Waals surface area contributed by atoms with Gasteiger partial charge in [0.05, 0.1) is 6.61 Å². The van der Waals surface area contributed by atoms with E-state index >= 15 is 0 Å². The second-order valence-corrected chi connectivity index (χ2v) is 2.50.